The average Bonchev–Trinajstić information content (AvgIpc) is 2.78. The Bertz CT molecular complexity index is 1520. The van der Waals surface area contributed by atoms with Crippen molar-refractivity contribution in [3.63, 3.8) is 0 Å². The zero-order valence-electron chi connectivity index (χ0n) is 16.4. The summed E-state index contributed by atoms with van der Waals surface area (Å²) in [4.78, 5) is 30.1. The molecule has 0 amide bonds. The van der Waals surface area contributed by atoms with E-state index in [9.17, 15) is 24.3 Å². The summed E-state index contributed by atoms with van der Waals surface area (Å²) < 4.78 is 14.7. The fraction of sp³-hybridized carbons (Fsp3) is 0.0435. The van der Waals surface area contributed by atoms with Gasteiger partial charge in [0.1, 0.15) is 28.8 Å². The molecule has 0 aliphatic rings. The Morgan fingerprint density at radius 3 is 2.53 bits per heavy atom. The van der Waals surface area contributed by atoms with Crippen LogP contribution < -0.4 is 5.56 Å². The summed E-state index contributed by atoms with van der Waals surface area (Å²) in [5.41, 5.74) is 0.0381. The van der Waals surface area contributed by atoms with E-state index in [1.165, 1.54) is 60.3 Å². The number of aromatic nitrogens is 2. The molecule has 0 saturated carbocycles. The number of phenolic OH excluding ortho intramolecular Hbond substituents is 1. The summed E-state index contributed by atoms with van der Waals surface area (Å²) in [5.74, 6) is -1.53. The molecule has 0 atom stereocenters. The Labute approximate surface area is 190 Å². The Hall–Kier alpha value is -3.73. The predicted octanol–water partition coefficient (Wildman–Crippen LogP) is 4.85. The van der Waals surface area contributed by atoms with E-state index in [1.54, 1.807) is 0 Å². The standard InChI is InChI=1S/C23H12Cl2FN3O3/c1-29-22-15(19(17(9-27)23(29)32)11-2-4-14(26)5-3-11)6-12(10-28-22)20(30)16-7-13(24)8-18(25)21(16)31/h2-8,10,31H,1H3. The maximum absolute atomic E-state index is 13.5. The normalized spacial score (nSPS) is 10.8. The number of nitriles is 1. The molecule has 2 aromatic carbocycles. The number of aryl methyl sites for hydroxylation is 1. The molecule has 0 radical (unpaired) electrons. The van der Waals surface area contributed by atoms with Crippen molar-refractivity contribution in [1.82, 2.24) is 9.55 Å². The number of fused-ring (bicyclic) bond motifs is 1. The Morgan fingerprint density at radius 1 is 1.19 bits per heavy atom. The highest BCUT2D eigenvalue weighted by Crippen LogP contribution is 2.34. The van der Waals surface area contributed by atoms with E-state index < -0.39 is 22.9 Å². The number of rotatable bonds is 3. The largest absolute Gasteiger partial charge is 0.506 e. The van der Waals surface area contributed by atoms with E-state index in [0.717, 1.165) is 0 Å². The van der Waals surface area contributed by atoms with Crippen molar-refractivity contribution in [1.29, 1.82) is 5.26 Å². The van der Waals surface area contributed by atoms with Crippen LogP contribution in [0, 0.1) is 17.1 Å². The van der Waals surface area contributed by atoms with E-state index >= 15 is 0 Å². The first kappa shape index (κ1) is 21.5. The number of benzene rings is 2. The summed E-state index contributed by atoms with van der Waals surface area (Å²) in [6.45, 7) is 0. The molecule has 6 nitrogen and oxygen atoms in total. The molecule has 158 valence electrons. The molecule has 0 spiro atoms. The lowest BCUT2D eigenvalue weighted by Crippen LogP contribution is -2.22. The Morgan fingerprint density at radius 2 is 1.88 bits per heavy atom. The number of hydrogen-bond acceptors (Lipinski definition) is 5. The van der Waals surface area contributed by atoms with Gasteiger partial charge in [-0.1, -0.05) is 35.3 Å². The maximum atomic E-state index is 13.5. The third-order valence-electron chi connectivity index (χ3n) is 5.00. The van der Waals surface area contributed by atoms with E-state index in [0.29, 0.717) is 10.9 Å². The molecule has 4 aromatic rings. The van der Waals surface area contributed by atoms with Crippen LogP contribution in [-0.4, -0.2) is 20.4 Å². The van der Waals surface area contributed by atoms with Crippen LogP contribution >= 0.6 is 23.2 Å². The molecule has 0 fully saturated rings. The summed E-state index contributed by atoms with van der Waals surface area (Å²) in [6.07, 6.45) is 1.25. The van der Waals surface area contributed by atoms with Crippen LogP contribution in [0.2, 0.25) is 10.0 Å². The van der Waals surface area contributed by atoms with Gasteiger partial charge in [0.25, 0.3) is 5.56 Å². The Kier molecular flexibility index (Phi) is 5.43. The molecular weight excluding hydrogens is 456 g/mol. The van der Waals surface area contributed by atoms with Crippen LogP contribution in [0.3, 0.4) is 0 Å². The molecule has 9 heteroatoms. The smallest absolute Gasteiger partial charge is 0.270 e. The molecule has 0 saturated heterocycles. The number of hydrogen-bond donors (Lipinski definition) is 1. The molecule has 2 aromatic heterocycles. The van der Waals surface area contributed by atoms with Crippen molar-refractivity contribution in [2.24, 2.45) is 7.05 Å². The third-order valence-corrected chi connectivity index (χ3v) is 5.51. The van der Waals surface area contributed by atoms with Crippen LogP contribution in [0.4, 0.5) is 4.39 Å². The number of aromatic hydroxyl groups is 1. The number of ketones is 1. The second-order valence-corrected chi connectivity index (χ2v) is 7.78. The summed E-state index contributed by atoms with van der Waals surface area (Å²) in [6, 6.07) is 11.2. The first-order valence-corrected chi connectivity index (χ1v) is 9.90. The second-order valence-electron chi connectivity index (χ2n) is 6.94. The molecule has 1 N–H and O–H groups in total. The molecule has 0 unspecified atom stereocenters. The van der Waals surface area contributed by atoms with E-state index in [2.05, 4.69) is 4.98 Å². The number of halogens is 3. The lowest BCUT2D eigenvalue weighted by atomic mass is 9.95. The van der Waals surface area contributed by atoms with E-state index in [1.807, 2.05) is 6.07 Å². The van der Waals surface area contributed by atoms with Gasteiger partial charge in [0, 0.05) is 34.8 Å². The van der Waals surface area contributed by atoms with Crippen LogP contribution in [0.5, 0.6) is 5.75 Å². The number of nitrogens with zero attached hydrogens (tertiary/aromatic N) is 3. The van der Waals surface area contributed by atoms with Gasteiger partial charge < -0.3 is 5.11 Å². The predicted molar refractivity (Wildman–Crippen MR) is 119 cm³/mol. The first-order valence-electron chi connectivity index (χ1n) is 9.14. The van der Waals surface area contributed by atoms with Crippen LogP contribution in [0.15, 0.2) is 53.5 Å². The molecule has 0 aliphatic heterocycles. The molecule has 0 bridgehead atoms. The number of carbonyl (C=O) groups excluding carboxylic acids is 1. The van der Waals surface area contributed by atoms with Gasteiger partial charge in [-0.15, -0.1) is 0 Å². The van der Waals surface area contributed by atoms with Crippen molar-refractivity contribution >= 4 is 40.0 Å². The van der Waals surface area contributed by atoms with Crippen molar-refractivity contribution in [2.75, 3.05) is 0 Å². The minimum Gasteiger partial charge on any atom is -0.506 e. The van der Waals surface area contributed by atoms with Crippen LogP contribution in [0.1, 0.15) is 21.5 Å². The number of pyridine rings is 2. The van der Waals surface area contributed by atoms with Crippen LogP contribution in [-0.2, 0) is 7.05 Å². The summed E-state index contributed by atoms with van der Waals surface area (Å²) >= 11 is 11.9. The monoisotopic (exact) mass is 467 g/mol. The average molecular weight is 468 g/mol. The quantitative estimate of drug-likeness (QED) is 0.434. The second kappa shape index (κ2) is 8.08. The van der Waals surface area contributed by atoms with Gasteiger partial charge in [0.2, 0.25) is 0 Å². The van der Waals surface area contributed by atoms with Gasteiger partial charge in [-0.2, -0.15) is 5.26 Å². The van der Waals surface area contributed by atoms with Gasteiger partial charge in [0.15, 0.2) is 5.78 Å². The maximum Gasteiger partial charge on any atom is 0.270 e. The summed E-state index contributed by atoms with van der Waals surface area (Å²) in [5, 5.41) is 20.3. The molecular formula is C23H12Cl2FN3O3. The Balaban J connectivity index is 2.04. The molecule has 32 heavy (non-hydrogen) atoms. The SMILES string of the molecule is Cn1c(=O)c(C#N)c(-c2ccc(F)cc2)c2cc(C(=O)c3cc(Cl)cc(Cl)c3O)cnc21. The zero-order valence-corrected chi connectivity index (χ0v) is 17.9. The lowest BCUT2D eigenvalue weighted by molar-refractivity contribution is 0.103. The van der Waals surface area contributed by atoms with E-state index in [-0.39, 0.29) is 37.9 Å². The van der Waals surface area contributed by atoms with Crippen molar-refractivity contribution < 1.29 is 14.3 Å². The molecule has 4 rings (SSSR count). The van der Waals surface area contributed by atoms with Gasteiger partial charge in [-0.05, 0) is 35.9 Å². The molecule has 2 heterocycles. The van der Waals surface area contributed by atoms with E-state index in [4.69, 9.17) is 23.2 Å². The minimum atomic E-state index is -0.612. The van der Waals surface area contributed by atoms with Gasteiger partial charge >= 0.3 is 0 Å². The van der Waals surface area contributed by atoms with Crippen LogP contribution in [0.25, 0.3) is 22.2 Å². The third kappa shape index (κ3) is 3.50. The van der Waals surface area contributed by atoms with Gasteiger partial charge in [-0.3, -0.25) is 14.2 Å². The minimum absolute atomic E-state index is 0.0667. The number of phenols is 1. The fourth-order valence-corrected chi connectivity index (χ4v) is 3.95. The topological polar surface area (TPSA) is 96.0 Å². The van der Waals surface area contributed by atoms with Crippen molar-refractivity contribution in [3.8, 4) is 22.9 Å². The highest BCUT2D eigenvalue weighted by Gasteiger charge is 2.22. The highest BCUT2D eigenvalue weighted by atomic mass is 35.5. The van der Waals surface area contributed by atoms with Gasteiger partial charge in [-0.25, -0.2) is 9.37 Å². The first-order chi connectivity index (χ1) is 15.2. The zero-order chi connectivity index (χ0) is 23.2. The lowest BCUT2D eigenvalue weighted by Gasteiger charge is -2.13. The van der Waals surface area contributed by atoms with Crippen molar-refractivity contribution in [2.45, 2.75) is 0 Å². The molecule has 0 aliphatic carbocycles. The fourth-order valence-electron chi connectivity index (χ4n) is 3.45. The van der Waals surface area contributed by atoms with Gasteiger partial charge in [0.05, 0.1) is 10.6 Å². The summed E-state index contributed by atoms with van der Waals surface area (Å²) in [7, 11) is 1.46. The number of carbonyl (C=O) groups is 1. The van der Waals surface area contributed by atoms with Crippen molar-refractivity contribution in [3.05, 3.63) is 91.6 Å². The highest BCUT2D eigenvalue weighted by molar-refractivity contribution is 6.36.